The molecule has 2 rings (SSSR count). The fourth-order valence-electron chi connectivity index (χ4n) is 1.96. The first-order valence-electron chi connectivity index (χ1n) is 4.93. The first-order chi connectivity index (χ1) is 7.22. The number of methoxy groups -OCH3 is 1. The third kappa shape index (κ3) is 1.77. The number of rotatable bonds is 1. The van der Waals surface area contributed by atoms with Gasteiger partial charge in [-0.2, -0.15) is 0 Å². The summed E-state index contributed by atoms with van der Waals surface area (Å²) in [5.41, 5.74) is 2.54. The van der Waals surface area contributed by atoms with E-state index in [1.54, 1.807) is 12.1 Å². The molecule has 0 saturated carbocycles. The molecule has 0 heterocycles. The molecule has 0 spiro atoms. The molecule has 3 heteroatoms. The Morgan fingerprint density at radius 2 is 2.13 bits per heavy atom. The first kappa shape index (κ1) is 9.90. The molecule has 0 atom stereocenters. The number of Topliss-reactive ketones (excluding diaryl/α,β-unsaturated/α-hetero) is 1. The molecule has 0 saturated heterocycles. The molecule has 3 nitrogen and oxygen atoms in total. The largest absolute Gasteiger partial charge is 0.465 e. The van der Waals surface area contributed by atoms with Crippen molar-refractivity contribution in [3.8, 4) is 0 Å². The second-order valence-corrected chi connectivity index (χ2v) is 3.65. The molecule has 1 aliphatic rings. The maximum absolute atomic E-state index is 11.5. The molecule has 0 amide bonds. The van der Waals surface area contributed by atoms with Gasteiger partial charge in [-0.1, -0.05) is 12.1 Å². The Hall–Kier alpha value is -1.64. The van der Waals surface area contributed by atoms with E-state index in [0.29, 0.717) is 24.8 Å². The molecule has 1 aromatic rings. The number of hydrogen-bond donors (Lipinski definition) is 0. The van der Waals surface area contributed by atoms with Gasteiger partial charge in [-0.15, -0.1) is 0 Å². The third-order valence-electron chi connectivity index (χ3n) is 2.72. The number of ether oxygens (including phenoxy) is 1. The molecule has 0 unspecified atom stereocenters. The van der Waals surface area contributed by atoms with Crippen LogP contribution in [0.4, 0.5) is 0 Å². The van der Waals surface area contributed by atoms with E-state index < -0.39 is 0 Å². The van der Waals surface area contributed by atoms with E-state index >= 15 is 0 Å². The Morgan fingerprint density at radius 3 is 2.87 bits per heavy atom. The monoisotopic (exact) mass is 204 g/mol. The lowest BCUT2D eigenvalue weighted by Crippen LogP contribution is -2.17. The Kier molecular flexibility index (Phi) is 2.54. The van der Waals surface area contributed by atoms with Crippen molar-refractivity contribution in [1.82, 2.24) is 0 Å². The molecular formula is C12H12O3. The molecular weight excluding hydrogens is 192 g/mol. The second-order valence-electron chi connectivity index (χ2n) is 3.65. The highest BCUT2D eigenvalue weighted by molar-refractivity contribution is 5.93. The van der Waals surface area contributed by atoms with Gasteiger partial charge in [-0.25, -0.2) is 4.79 Å². The predicted octanol–water partition coefficient (Wildman–Crippen LogP) is 1.53. The minimum absolute atomic E-state index is 0.240. The minimum atomic E-state index is -0.318. The van der Waals surface area contributed by atoms with Crippen LogP contribution in [0.2, 0.25) is 0 Å². The maximum atomic E-state index is 11.5. The zero-order chi connectivity index (χ0) is 10.8. The van der Waals surface area contributed by atoms with Crippen molar-refractivity contribution in [3.05, 3.63) is 34.9 Å². The predicted molar refractivity (Wildman–Crippen MR) is 54.8 cm³/mol. The summed E-state index contributed by atoms with van der Waals surface area (Å²) in [5.74, 6) is -0.0780. The maximum Gasteiger partial charge on any atom is 0.338 e. The normalized spacial score (nSPS) is 14.6. The van der Waals surface area contributed by atoms with Crippen molar-refractivity contribution in [2.45, 2.75) is 19.3 Å². The SMILES string of the molecule is COC(=O)c1cccc2c1CCC(=O)C2. The molecule has 78 valence electrons. The zero-order valence-electron chi connectivity index (χ0n) is 8.58. The summed E-state index contributed by atoms with van der Waals surface area (Å²) in [7, 11) is 1.37. The van der Waals surface area contributed by atoms with Crippen molar-refractivity contribution < 1.29 is 14.3 Å². The number of fused-ring (bicyclic) bond motifs is 1. The summed E-state index contributed by atoms with van der Waals surface area (Å²) < 4.78 is 4.71. The Morgan fingerprint density at radius 1 is 1.33 bits per heavy atom. The van der Waals surface area contributed by atoms with E-state index in [9.17, 15) is 9.59 Å². The summed E-state index contributed by atoms with van der Waals surface area (Å²) in [6, 6.07) is 5.45. The van der Waals surface area contributed by atoms with Gasteiger partial charge in [-0.3, -0.25) is 4.79 Å². The molecule has 0 radical (unpaired) electrons. The number of ketones is 1. The first-order valence-corrected chi connectivity index (χ1v) is 4.93. The Labute approximate surface area is 88.1 Å². The van der Waals surface area contributed by atoms with E-state index in [1.807, 2.05) is 6.07 Å². The van der Waals surface area contributed by atoms with E-state index in [2.05, 4.69) is 0 Å². The van der Waals surface area contributed by atoms with Gasteiger partial charge in [0.1, 0.15) is 5.78 Å². The van der Waals surface area contributed by atoms with Crippen LogP contribution in [0.15, 0.2) is 18.2 Å². The van der Waals surface area contributed by atoms with Gasteiger partial charge < -0.3 is 4.74 Å². The van der Waals surface area contributed by atoms with Crippen LogP contribution in [-0.2, 0) is 22.4 Å². The topological polar surface area (TPSA) is 43.4 Å². The quantitative estimate of drug-likeness (QED) is 0.651. The molecule has 1 aromatic carbocycles. The minimum Gasteiger partial charge on any atom is -0.465 e. The fraction of sp³-hybridized carbons (Fsp3) is 0.333. The Bertz CT molecular complexity index is 421. The molecule has 0 aliphatic heterocycles. The average Bonchev–Trinajstić information content (AvgIpc) is 2.26. The van der Waals surface area contributed by atoms with Gasteiger partial charge in [0, 0.05) is 12.8 Å². The van der Waals surface area contributed by atoms with Crippen molar-refractivity contribution >= 4 is 11.8 Å². The molecule has 1 aliphatic carbocycles. The third-order valence-corrected chi connectivity index (χ3v) is 2.72. The zero-order valence-corrected chi connectivity index (χ0v) is 8.58. The van der Waals surface area contributed by atoms with Crippen LogP contribution >= 0.6 is 0 Å². The highest BCUT2D eigenvalue weighted by Crippen LogP contribution is 2.23. The summed E-state index contributed by atoms with van der Waals surface area (Å²) in [4.78, 5) is 22.7. The summed E-state index contributed by atoms with van der Waals surface area (Å²) in [5, 5.41) is 0. The summed E-state index contributed by atoms with van der Waals surface area (Å²) in [6.07, 6.45) is 1.63. The molecule has 0 aromatic heterocycles. The number of carbonyl (C=O) groups excluding carboxylic acids is 2. The molecule has 15 heavy (non-hydrogen) atoms. The number of esters is 1. The highest BCUT2D eigenvalue weighted by atomic mass is 16.5. The fourth-order valence-corrected chi connectivity index (χ4v) is 1.96. The van der Waals surface area contributed by atoms with Crippen LogP contribution in [0.25, 0.3) is 0 Å². The standard InChI is InChI=1S/C12H12O3/c1-15-12(14)11-4-2-3-8-7-9(13)5-6-10(8)11/h2-4H,5-7H2,1H3. The van der Waals surface area contributed by atoms with Gasteiger partial charge in [0.15, 0.2) is 0 Å². The van der Waals surface area contributed by atoms with Crippen molar-refractivity contribution in [3.63, 3.8) is 0 Å². The van der Waals surface area contributed by atoms with Crippen molar-refractivity contribution in [2.75, 3.05) is 7.11 Å². The van der Waals surface area contributed by atoms with Crippen LogP contribution in [0.5, 0.6) is 0 Å². The van der Waals surface area contributed by atoms with E-state index in [1.165, 1.54) is 7.11 Å². The second kappa shape index (κ2) is 3.85. The summed E-state index contributed by atoms with van der Waals surface area (Å²) >= 11 is 0. The van der Waals surface area contributed by atoms with Crippen molar-refractivity contribution in [2.24, 2.45) is 0 Å². The molecule has 0 bridgehead atoms. The number of hydrogen-bond acceptors (Lipinski definition) is 3. The lowest BCUT2D eigenvalue weighted by Gasteiger charge is -2.17. The van der Waals surface area contributed by atoms with Gasteiger partial charge in [-0.05, 0) is 23.6 Å². The summed E-state index contributed by atoms with van der Waals surface area (Å²) in [6.45, 7) is 0. The molecule has 0 fully saturated rings. The Balaban J connectivity index is 2.46. The van der Waals surface area contributed by atoms with Crippen molar-refractivity contribution in [1.29, 1.82) is 0 Å². The van der Waals surface area contributed by atoms with Crippen LogP contribution in [0.3, 0.4) is 0 Å². The lowest BCUT2D eigenvalue weighted by atomic mass is 9.87. The van der Waals surface area contributed by atoms with Gasteiger partial charge >= 0.3 is 5.97 Å². The van der Waals surface area contributed by atoms with Crippen LogP contribution in [-0.4, -0.2) is 18.9 Å². The van der Waals surface area contributed by atoms with Gasteiger partial charge in [0.05, 0.1) is 12.7 Å². The number of benzene rings is 1. The number of carbonyl (C=O) groups is 2. The lowest BCUT2D eigenvalue weighted by molar-refractivity contribution is -0.118. The van der Waals surface area contributed by atoms with Gasteiger partial charge in [0.2, 0.25) is 0 Å². The van der Waals surface area contributed by atoms with E-state index in [0.717, 1.165) is 11.1 Å². The highest BCUT2D eigenvalue weighted by Gasteiger charge is 2.21. The smallest absolute Gasteiger partial charge is 0.338 e. The van der Waals surface area contributed by atoms with Gasteiger partial charge in [0.25, 0.3) is 0 Å². The average molecular weight is 204 g/mol. The van der Waals surface area contributed by atoms with E-state index in [-0.39, 0.29) is 11.8 Å². The van der Waals surface area contributed by atoms with E-state index in [4.69, 9.17) is 4.74 Å². The molecule has 0 N–H and O–H groups in total. The van der Waals surface area contributed by atoms with Crippen LogP contribution in [0, 0.1) is 0 Å². The van der Waals surface area contributed by atoms with Crippen LogP contribution in [0.1, 0.15) is 27.9 Å². The van der Waals surface area contributed by atoms with Crippen LogP contribution < -0.4 is 0 Å².